The molecule has 1 aromatic carbocycles. The van der Waals surface area contributed by atoms with Crippen LogP contribution in [0.15, 0.2) is 36.5 Å². The highest BCUT2D eigenvalue weighted by atomic mass is 32.2. The molecular formula is C20H22N4O4S. The number of sulfone groups is 1. The van der Waals surface area contributed by atoms with Crippen molar-refractivity contribution >= 4 is 32.3 Å². The number of aryl methyl sites for hydroxylation is 2. The van der Waals surface area contributed by atoms with Crippen LogP contribution in [0, 0.1) is 6.92 Å². The summed E-state index contributed by atoms with van der Waals surface area (Å²) in [6.45, 7) is 1.84. The number of rotatable bonds is 4. The molecule has 1 fully saturated rings. The molecule has 0 aliphatic carbocycles. The number of amides is 1. The number of pyridine rings is 1. The fourth-order valence-electron chi connectivity index (χ4n) is 3.45. The molecule has 4 rings (SSSR count). The third-order valence-electron chi connectivity index (χ3n) is 5.08. The van der Waals surface area contributed by atoms with Gasteiger partial charge in [-0.25, -0.2) is 8.42 Å². The van der Waals surface area contributed by atoms with Crippen LogP contribution < -0.4 is 10.1 Å². The predicted molar refractivity (Wildman–Crippen MR) is 110 cm³/mol. The number of hydrogen-bond acceptors (Lipinski definition) is 6. The average Bonchev–Trinajstić information content (AvgIpc) is 2.99. The number of hydrogen-bond donors (Lipinski definition) is 1. The minimum atomic E-state index is -2.94. The largest absolute Gasteiger partial charge is 0.473 e. The predicted octanol–water partition coefficient (Wildman–Crippen LogP) is 2.49. The van der Waals surface area contributed by atoms with Crippen LogP contribution in [0.25, 0.3) is 10.9 Å². The lowest BCUT2D eigenvalue weighted by atomic mass is 10.2. The van der Waals surface area contributed by atoms with Crippen LogP contribution in [0.1, 0.15) is 28.9 Å². The summed E-state index contributed by atoms with van der Waals surface area (Å²) >= 11 is 0. The molecule has 1 amide bonds. The second kappa shape index (κ2) is 7.47. The van der Waals surface area contributed by atoms with E-state index in [-0.39, 0.29) is 23.5 Å². The maximum absolute atomic E-state index is 12.5. The van der Waals surface area contributed by atoms with Crippen molar-refractivity contribution in [3.05, 3.63) is 47.8 Å². The number of fused-ring (bicyclic) bond motifs is 1. The van der Waals surface area contributed by atoms with Crippen molar-refractivity contribution in [2.75, 3.05) is 16.8 Å². The molecule has 3 heterocycles. The first-order valence-electron chi connectivity index (χ1n) is 9.39. The van der Waals surface area contributed by atoms with E-state index in [1.807, 2.05) is 25.1 Å². The normalized spacial score (nSPS) is 16.6. The third-order valence-corrected chi connectivity index (χ3v) is 6.80. The Bertz CT molecular complexity index is 1170. The monoisotopic (exact) mass is 414 g/mol. The summed E-state index contributed by atoms with van der Waals surface area (Å²) in [5.41, 5.74) is 2.62. The second-order valence-corrected chi connectivity index (χ2v) is 9.56. The SMILES string of the molecule is Cc1cccnc1C(=O)Nc1ccc2c(OC3CCS(=O)(=O)CC3)nn(C)c2c1. The molecule has 0 spiro atoms. The Hall–Kier alpha value is -2.94. The van der Waals surface area contributed by atoms with Gasteiger partial charge in [0, 0.05) is 18.9 Å². The van der Waals surface area contributed by atoms with E-state index < -0.39 is 9.84 Å². The van der Waals surface area contributed by atoms with Crippen LogP contribution in [-0.2, 0) is 16.9 Å². The van der Waals surface area contributed by atoms with Gasteiger partial charge in [-0.15, -0.1) is 5.10 Å². The van der Waals surface area contributed by atoms with Gasteiger partial charge in [0.2, 0.25) is 5.88 Å². The summed E-state index contributed by atoms with van der Waals surface area (Å²) in [5, 5.41) is 8.11. The van der Waals surface area contributed by atoms with Crippen molar-refractivity contribution < 1.29 is 17.9 Å². The van der Waals surface area contributed by atoms with Gasteiger partial charge in [-0.2, -0.15) is 0 Å². The molecule has 8 nitrogen and oxygen atoms in total. The quantitative estimate of drug-likeness (QED) is 0.704. The molecule has 1 N–H and O–H groups in total. The lowest BCUT2D eigenvalue weighted by molar-refractivity contribution is 0.102. The number of carbonyl (C=O) groups is 1. The van der Waals surface area contributed by atoms with Gasteiger partial charge in [0.25, 0.3) is 5.91 Å². The van der Waals surface area contributed by atoms with Crippen LogP contribution in [0.3, 0.4) is 0 Å². The van der Waals surface area contributed by atoms with E-state index in [1.165, 1.54) is 0 Å². The second-order valence-electron chi connectivity index (χ2n) is 7.25. The zero-order valence-corrected chi connectivity index (χ0v) is 17.1. The Morgan fingerprint density at radius 2 is 2.00 bits per heavy atom. The van der Waals surface area contributed by atoms with E-state index in [9.17, 15) is 13.2 Å². The summed E-state index contributed by atoms with van der Waals surface area (Å²) in [6, 6.07) is 9.09. The van der Waals surface area contributed by atoms with Crippen LogP contribution in [0.4, 0.5) is 5.69 Å². The lowest BCUT2D eigenvalue weighted by Crippen LogP contribution is -2.30. The number of benzene rings is 1. The van der Waals surface area contributed by atoms with Gasteiger partial charge >= 0.3 is 0 Å². The van der Waals surface area contributed by atoms with Crippen molar-refractivity contribution in [2.45, 2.75) is 25.9 Å². The summed E-state index contributed by atoms with van der Waals surface area (Å²) in [7, 11) is -1.14. The number of carbonyl (C=O) groups excluding carboxylic acids is 1. The van der Waals surface area contributed by atoms with Gasteiger partial charge < -0.3 is 10.1 Å². The molecule has 0 bridgehead atoms. The molecule has 9 heteroatoms. The van der Waals surface area contributed by atoms with Crippen molar-refractivity contribution in [2.24, 2.45) is 7.05 Å². The molecule has 1 saturated heterocycles. The molecule has 0 radical (unpaired) electrons. The number of anilines is 1. The Morgan fingerprint density at radius 3 is 2.72 bits per heavy atom. The van der Waals surface area contributed by atoms with Gasteiger partial charge in [-0.1, -0.05) is 6.07 Å². The van der Waals surface area contributed by atoms with E-state index in [0.29, 0.717) is 30.1 Å². The van der Waals surface area contributed by atoms with E-state index >= 15 is 0 Å². The van der Waals surface area contributed by atoms with Gasteiger partial charge in [0.1, 0.15) is 11.8 Å². The fraction of sp³-hybridized carbons (Fsp3) is 0.350. The van der Waals surface area contributed by atoms with Gasteiger partial charge in [-0.05, 0) is 49.6 Å². The summed E-state index contributed by atoms with van der Waals surface area (Å²) in [6.07, 6.45) is 2.37. The van der Waals surface area contributed by atoms with E-state index in [2.05, 4.69) is 15.4 Å². The van der Waals surface area contributed by atoms with Gasteiger partial charge in [0.15, 0.2) is 9.84 Å². The highest BCUT2D eigenvalue weighted by Crippen LogP contribution is 2.29. The molecule has 152 valence electrons. The number of nitrogens with zero attached hydrogens (tertiary/aromatic N) is 3. The first-order chi connectivity index (χ1) is 13.8. The zero-order valence-electron chi connectivity index (χ0n) is 16.3. The molecule has 3 aromatic rings. The molecule has 29 heavy (non-hydrogen) atoms. The smallest absolute Gasteiger partial charge is 0.274 e. The molecule has 1 aliphatic rings. The fourth-order valence-corrected chi connectivity index (χ4v) is 4.89. The first kappa shape index (κ1) is 19.4. The summed E-state index contributed by atoms with van der Waals surface area (Å²) < 4.78 is 30.9. The summed E-state index contributed by atoms with van der Waals surface area (Å²) in [5.74, 6) is 0.492. The molecular weight excluding hydrogens is 392 g/mol. The third kappa shape index (κ3) is 4.09. The Kier molecular flexibility index (Phi) is 4.99. The highest BCUT2D eigenvalue weighted by Gasteiger charge is 2.26. The maximum Gasteiger partial charge on any atom is 0.274 e. The van der Waals surface area contributed by atoms with Crippen LogP contribution >= 0.6 is 0 Å². The van der Waals surface area contributed by atoms with Crippen molar-refractivity contribution in [1.29, 1.82) is 0 Å². The lowest BCUT2D eigenvalue weighted by Gasteiger charge is -2.22. The maximum atomic E-state index is 12.5. The summed E-state index contributed by atoms with van der Waals surface area (Å²) in [4.78, 5) is 16.6. The number of ether oxygens (including phenoxy) is 1. The number of nitrogens with one attached hydrogen (secondary N) is 1. The minimum absolute atomic E-state index is 0.144. The van der Waals surface area contributed by atoms with Gasteiger partial charge in [0.05, 0.1) is 22.4 Å². The zero-order chi connectivity index (χ0) is 20.6. The minimum Gasteiger partial charge on any atom is -0.473 e. The Morgan fingerprint density at radius 1 is 1.24 bits per heavy atom. The molecule has 0 atom stereocenters. The molecule has 0 saturated carbocycles. The van der Waals surface area contributed by atoms with Crippen LogP contribution in [-0.4, -0.2) is 46.7 Å². The Balaban J connectivity index is 1.54. The first-order valence-corrected chi connectivity index (χ1v) is 11.2. The van der Waals surface area contributed by atoms with Crippen molar-refractivity contribution in [3.63, 3.8) is 0 Å². The average molecular weight is 414 g/mol. The van der Waals surface area contributed by atoms with Crippen molar-refractivity contribution in [3.8, 4) is 5.88 Å². The van der Waals surface area contributed by atoms with E-state index in [1.54, 1.807) is 30.1 Å². The molecule has 0 unspecified atom stereocenters. The number of aromatic nitrogens is 3. The van der Waals surface area contributed by atoms with Crippen LogP contribution in [0.5, 0.6) is 5.88 Å². The van der Waals surface area contributed by atoms with Gasteiger partial charge in [-0.3, -0.25) is 14.5 Å². The topological polar surface area (TPSA) is 103 Å². The van der Waals surface area contributed by atoms with E-state index in [4.69, 9.17) is 4.74 Å². The molecule has 2 aromatic heterocycles. The standard InChI is InChI=1S/C20H22N4O4S/c1-13-4-3-9-21-18(13)19(25)22-14-5-6-16-17(12-14)24(2)23-20(16)28-15-7-10-29(26,27)11-8-15/h3-6,9,12,15H,7-8,10-11H2,1-2H3,(H,22,25). The van der Waals surface area contributed by atoms with Crippen LogP contribution in [0.2, 0.25) is 0 Å². The molecule has 1 aliphatic heterocycles. The van der Waals surface area contributed by atoms with E-state index in [0.717, 1.165) is 16.5 Å². The van der Waals surface area contributed by atoms with Crippen molar-refractivity contribution in [1.82, 2.24) is 14.8 Å². The Labute approximate surface area is 168 Å². The highest BCUT2D eigenvalue weighted by molar-refractivity contribution is 7.91.